The van der Waals surface area contributed by atoms with Crippen molar-refractivity contribution in [2.75, 3.05) is 63.3 Å². The Kier molecular flexibility index (Phi) is 10.6. The maximum absolute atomic E-state index is 13.9. The number of hydrogen-bond donors (Lipinski definition) is 3. The lowest BCUT2D eigenvalue weighted by Crippen LogP contribution is -2.50. The third-order valence-corrected chi connectivity index (χ3v) is 9.15. The summed E-state index contributed by atoms with van der Waals surface area (Å²) in [5, 5.41) is 11.9. The van der Waals surface area contributed by atoms with E-state index in [1.54, 1.807) is 42.5 Å². The Balaban J connectivity index is 1.34. The number of methoxy groups -OCH3 is 1. The predicted octanol–water partition coefficient (Wildman–Crippen LogP) is 4.48. The summed E-state index contributed by atoms with van der Waals surface area (Å²) in [4.78, 5) is 44.1. The molecule has 52 heavy (non-hydrogen) atoms. The van der Waals surface area contributed by atoms with Gasteiger partial charge in [0.15, 0.2) is 34.5 Å². The van der Waals surface area contributed by atoms with Gasteiger partial charge in [0, 0.05) is 44.0 Å². The van der Waals surface area contributed by atoms with Crippen molar-refractivity contribution < 1.29 is 56.3 Å². The number of benzene rings is 3. The molecule has 272 valence electrons. The zero-order valence-corrected chi connectivity index (χ0v) is 28.5. The number of para-hydroxylation sites is 2. The van der Waals surface area contributed by atoms with Crippen molar-refractivity contribution in [1.82, 2.24) is 14.8 Å². The Morgan fingerprint density at radius 2 is 1.60 bits per heavy atom. The second-order valence-electron chi connectivity index (χ2n) is 11.1. The molecule has 4 aromatic rings. The molecule has 1 aromatic heterocycles. The van der Waals surface area contributed by atoms with Crippen LogP contribution in [0.2, 0.25) is 0 Å². The van der Waals surface area contributed by atoms with E-state index in [2.05, 4.69) is 15.0 Å². The maximum Gasteiger partial charge on any atom is 0.412 e. The van der Waals surface area contributed by atoms with Gasteiger partial charge in [0.2, 0.25) is 6.79 Å². The van der Waals surface area contributed by atoms with E-state index < -0.39 is 28.1 Å². The first-order chi connectivity index (χ1) is 25.1. The van der Waals surface area contributed by atoms with E-state index in [1.165, 1.54) is 53.4 Å². The van der Waals surface area contributed by atoms with Gasteiger partial charge in [-0.3, -0.25) is 14.8 Å². The number of nitrogens with one attached hydrogen (secondary N) is 2. The molecule has 6 rings (SSSR count). The Bertz CT molecular complexity index is 2060. The number of anilines is 2. The smallest absolute Gasteiger partial charge is 0.412 e. The van der Waals surface area contributed by atoms with Crippen LogP contribution >= 0.6 is 0 Å². The highest BCUT2D eigenvalue weighted by Gasteiger charge is 2.29. The maximum atomic E-state index is 13.9. The highest BCUT2D eigenvalue weighted by atomic mass is 32.2. The summed E-state index contributed by atoms with van der Waals surface area (Å²) in [7, 11) is -2.93. The molecule has 0 unspecified atom stereocenters. The van der Waals surface area contributed by atoms with E-state index in [4.69, 9.17) is 28.4 Å². The second kappa shape index (κ2) is 15.6. The molecule has 1 fully saturated rings. The molecule has 3 aromatic carbocycles. The molecular weight excluding hydrogens is 702 g/mol. The number of nitrogens with zero attached hydrogens (tertiary/aromatic N) is 3. The molecule has 0 bridgehead atoms. The summed E-state index contributed by atoms with van der Waals surface area (Å²) in [6, 6.07) is 18.3. The van der Waals surface area contributed by atoms with Crippen LogP contribution < -0.4 is 33.7 Å². The van der Waals surface area contributed by atoms with Crippen molar-refractivity contribution in [3.05, 3.63) is 84.6 Å². The lowest BCUT2D eigenvalue weighted by atomic mass is 10.1. The molecule has 2 aliphatic rings. The molecule has 0 radical (unpaired) electrons. The fraction of sp³-hybridized carbons (Fsp3) is 0.235. The quantitative estimate of drug-likeness (QED) is 0.172. The lowest BCUT2D eigenvalue weighted by Gasteiger charge is -2.33. The van der Waals surface area contributed by atoms with Crippen LogP contribution in [-0.2, 0) is 14.8 Å². The highest BCUT2D eigenvalue weighted by Crippen LogP contribution is 2.44. The largest absolute Gasteiger partial charge is 0.493 e. The van der Waals surface area contributed by atoms with Crippen LogP contribution in [0.5, 0.6) is 34.5 Å². The minimum atomic E-state index is -4.37. The van der Waals surface area contributed by atoms with Crippen LogP contribution in [0.1, 0.15) is 10.4 Å². The third kappa shape index (κ3) is 8.29. The first kappa shape index (κ1) is 35.4. The minimum absolute atomic E-state index is 0.00310. The van der Waals surface area contributed by atoms with Gasteiger partial charge in [-0.05, 0) is 48.5 Å². The van der Waals surface area contributed by atoms with Crippen LogP contribution in [0.3, 0.4) is 0 Å². The number of sulfonamides is 1. The lowest BCUT2D eigenvalue weighted by molar-refractivity contribution is 0.0624. The summed E-state index contributed by atoms with van der Waals surface area (Å²) >= 11 is 0. The van der Waals surface area contributed by atoms with Crippen molar-refractivity contribution in [2.45, 2.75) is 4.90 Å². The summed E-state index contributed by atoms with van der Waals surface area (Å²) in [6.07, 6.45) is -0.396. The van der Waals surface area contributed by atoms with E-state index in [0.717, 1.165) is 0 Å². The molecule has 0 atom stereocenters. The van der Waals surface area contributed by atoms with E-state index >= 15 is 0 Å². The number of carbonyl (C=O) groups is 3. The molecule has 17 nitrogen and oxygen atoms in total. The number of fused-ring (bicyclic) bond motifs is 1. The molecule has 3 N–H and O–H groups in total. The van der Waals surface area contributed by atoms with Crippen molar-refractivity contribution >= 4 is 39.6 Å². The number of piperazine rings is 1. The molecule has 3 heterocycles. The molecule has 1 saturated heterocycles. The van der Waals surface area contributed by atoms with Crippen molar-refractivity contribution in [1.29, 1.82) is 0 Å². The predicted molar refractivity (Wildman–Crippen MR) is 183 cm³/mol. The Morgan fingerprint density at radius 3 is 2.33 bits per heavy atom. The molecule has 0 saturated carbocycles. The fourth-order valence-electron chi connectivity index (χ4n) is 5.22. The summed E-state index contributed by atoms with van der Waals surface area (Å²) in [5.41, 5.74) is -0.175. The van der Waals surface area contributed by atoms with Crippen molar-refractivity contribution in [3.63, 3.8) is 0 Å². The minimum Gasteiger partial charge on any atom is -0.493 e. The molecular formula is C34H33N5O12S. The number of rotatable bonds is 12. The number of amides is 3. The number of aromatic nitrogens is 1. The highest BCUT2D eigenvalue weighted by molar-refractivity contribution is 7.92. The summed E-state index contributed by atoms with van der Waals surface area (Å²) < 4.78 is 63.9. The van der Waals surface area contributed by atoms with Gasteiger partial charge in [-0.25, -0.2) is 23.0 Å². The van der Waals surface area contributed by atoms with Gasteiger partial charge in [0.05, 0.1) is 17.7 Å². The third-order valence-electron chi connectivity index (χ3n) is 7.79. The van der Waals surface area contributed by atoms with Crippen LogP contribution in [0.4, 0.5) is 21.1 Å². The number of ether oxygens (including phenoxy) is 6. The molecule has 3 amide bonds. The van der Waals surface area contributed by atoms with Crippen molar-refractivity contribution in [3.8, 4) is 34.5 Å². The topological polar surface area (TPSA) is 204 Å². The van der Waals surface area contributed by atoms with Crippen molar-refractivity contribution in [2.24, 2.45) is 0 Å². The van der Waals surface area contributed by atoms with Crippen LogP contribution in [-0.4, -0.2) is 99.7 Å². The van der Waals surface area contributed by atoms with Gasteiger partial charge < -0.3 is 43.3 Å². The van der Waals surface area contributed by atoms with Gasteiger partial charge in [-0.1, -0.05) is 18.2 Å². The van der Waals surface area contributed by atoms with Crippen LogP contribution in [0.25, 0.3) is 0 Å². The molecule has 2 aliphatic heterocycles. The first-order valence-corrected chi connectivity index (χ1v) is 17.3. The SMILES string of the molecule is COc1ccccc1Oc1c(NS(=O)(=O)c2ccc3c(c2)OCO3)cc(C(=O)N2CCN(C(=O)O)CC2)cc1OCCOC(=O)Nc1ccccn1. The average Bonchev–Trinajstić information content (AvgIpc) is 3.63. The Labute approximate surface area is 297 Å². The van der Waals surface area contributed by atoms with E-state index in [9.17, 15) is 27.9 Å². The number of carboxylic acid groups (broad SMARTS) is 1. The van der Waals surface area contributed by atoms with Gasteiger partial charge in [-0.15, -0.1) is 0 Å². The van der Waals surface area contributed by atoms with E-state index in [1.807, 2.05) is 0 Å². The van der Waals surface area contributed by atoms with Crippen LogP contribution in [0, 0.1) is 0 Å². The number of carbonyl (C=O) groups excluding carboxylic acids is 2. The molecule has 0 aliphatic carbocycles. The average molecular weight is 736 g/mol. The van der Waals surface area contributed by atoms with E-state index in [-0.39, 0.29) is 91.1 Å². The monoisotopic (exact) mass is 735 g/mol. The standard InChI is InChI=1S/C34H33N5O12S/c1-46-25-6-2-3-7-27(25)51-31-24(37-52(44,45)23-9-10-26-28(20-23)50-21-49-26)18-22(32(40)38-12-14-39(15-13-38)34(42)43)19-29(31)47-16-17-48-33(41)36-30-8-4-5-11-35-30/h2-11,18-20,37H,12-17,21H2,1H3,(H,42,43)(H,35,36,41). The van der Waals surface area contributed by atoms with Gasteiger partial charge in [0.1, 0.15) is 19.0 Å². The Morgan fingerprint density at radius 1 is 0.865 bits per heavy atom. The van der Waals surface area contributed by atoms with E-state index in [0.29, 0.717) is 11.5 Å². The molecule has 18 heteroatoms. The molecule has 0 spiro atoms. The number of hydrogen-bond acceptors (Lipinski definition) is 12. The van der Waals surface area contributed by atoms with Gasteiger partial charge >= 0.3 is 12.2 Å². The fourth-order valence-corrected chi connectivity index (χ4v) is 6.29. The second-order valence-corrected chi connectivity index (χ2v) is 12.8. The zero-order valence-electron chi connectivity index (χ0n) is 27.6. The zero-order chi connectivity index (χ0) is 36.7. The van der Waals surface area contributed by atoms with Gasteiger partial charge in [0.25, 0.3) is 15.9 Å². The van der Waals surface area contributed by atoms with Gasteiger partial charge in [-0.2, -0.15) is 0 Å². The first-order valence-electron chi connectivity index (χ1n) is 15.8. The Hall–Kier alpha value is -6.43. The number of pyridine rings is 1. The summed E-state index contributed by atoms with van der Waals surface area (Å²) in [6.45, 7) is -0.219. The summed E-state index contributed by atoms with van der Waals surface area (Å²) in [5.74, 6) is 0.633. The normalized spacial score (nSPS) is 13.6. The van der Waals surface area contributed by atoms with Crippen LogP contribution in [0.15, 0.2) is 83.9 Å².